The van der Waals surface area contributed by atoms with Crippen molar-refractivity contribution in [3.63, 3.8) is 0 Å². The van der Waals surface area contributed by atoms with Gasteiger partial charge in [0.25, 0.3) is 0 Å². The maximum atomic E-state index is 8.44. The second kappa shape index (κ2) is 2.98. The van der Waals surface area contributed by atoms with Crippen LogP contribution in [0.15, 0.2) is 12.4 Å². The van der Waals surface area contributed by atoms with Gasteiger partial charge in [-0.1, -0.05) is 0 Å². The normalized spacial score (nSPS) is 11.2. The maximum absolute atomic E-state index is 8.44. The number of rotatable bonds is 1. The molecule has 1 rings (SSSR count). The van der Waals surface area contributed by atoms with Gasteiger partial charge >= 0.3 is 0 Å². The quantitative estimate of drug-likeness (QED) is 0.632. The fourth-order valence-electron chi connectivity index (χ4n) is 0.910. The number of aromatic nitrogens is 2. The highest BCUT2D eigenvalue weighted by molar-refractivity contribution is 5.10. The molecule has 0 saturated heterocycles. The van der Waals surface area contributed by atoms with Crippen molar-refractivity contribution < 1.29 is 0 Å². The Morgan fingerprint density at radius 1 is 1.58 bits per heavy atom. The zero-order valence-electron chi connectivity index (χ0n) is 7.70. The number of nitriles is 1. The summed E-state index contributed by atoms with van der Waals surface area (Å²) < 4.78 is 1.87. The van der Waals surface area contributed by atoms with Crippen LogP contribution in [-0.4, -0.2) is 9.78 Å². The molecule has 0 aliphatic heterocycles. The van der Waals surface area contributed by atoms with Crippen LogP contribution in [0.25, 0.3) is 0 Å². The molecule has 0 aliphatic carbocycles. The van der Waals surface area contributed by atoms with Crippen molar-refractivity contribution >= 4 is 0 Å². The summed E-state index contributed by atoms with van der Waals surface area (Å²) in [5, 5.41) is 12.6. The van der Waals surface area contributed by atoms with Crippen LogP contribution in [0.1, 0.15) is 26.3 Å². The standard InChI is InChI=1S/C9H13N3/c1-9(2,3)12-7-8(4-5-10)6-11-12/h6-7H,4H2,1-3H3. The Hall–Kier alpha value is -1.30. The first-order valence-electron chi connectivity index (χ1n) is 3.95. The van der Waals surface area contributed by atoms with Crippen LogP contribution >= 0.6 is 0 Å². The van der Waals surface area contributed by atoms with E-state index in [1.165, 1.54) is 0 Å². The first kappa shape index (κ1) is 8.79. The van der Waals surface area contributed by atoms with E-state index in [2.05, 4.69) is 31.9 Å². The number of nitrogens with zero attached hydrogens (tertiary/aromatic N) is 3. The lowest BCUT2D eigenvalue weighted by Crippen LogP contribution is -2.21. The maximum Gasteiger partial charge on any atom is 0.0670 e. The highest BCUT2D eigenvalue weighted by Gasteiger charge is 2.13. The largest absolute Gasteiger partial charge is 0.267 e. The molecule has 0 spiro atoms. The van der Waals surface area contributed by atoms with Gasteiger partial charge in [0.1, 0.15) is 0 Å². The van der Waals surface area contributed by atoms with E-state index in [1.807, 2.05) is 10.9 Å². The summed E-state index contributed by atoms with van der Waals surface area (Å²) in [7, 11) is 0. The van der Waals surface area contributed by atoms with E-state index in [-0.39, 0.29) is 5.54 Å². The van der Waals surface area contributed by atoms with E-state index >= 15 is 0 Å². The third-order valence-corrected chi connectivity index (χ3v) is 1.61. The predicted molar refractivity (Wildman–Crippen MR) is 46.5 cm³/mol. The van der Waals surface area contributed by atoms with Gasteiger partial charge in [0.15, 0.2) is 0 Å². The lowest BCUT2D eigenvalue weighted by Gasteiger charge is -2.18. The Bertz CT molecular complexity index is 298. The monoisotopic (exact) mass is 163 g/mol. The smallest absolute Gasteiger partial charge is 0.0670 e. The van der Waals surface area contributed by atoms with Crippen LogP contribution in [0.2, 0.25) is 0 Å². The molecular weight excluding hydrogens is 150 g/mol. The minimum atomic E-state index is 0.00764. The van der Waals surface area contributed by atoms with E-state index in [4.69, 9.17) is 5.26 Å². The molecular formula is C9H13N3. The first-order chi connectivity index (χ1) is 5.54. The van der Waals surface area contributed by atoms with E-state index in [0.717, 1.165) is 5.56 Å². The third kappa shape index (κ3) is 1.85. The molecule has 3 nitrogen and oxygen atoms in total. The lowest BCUT2D eigenvalue weighted by molar-refractivity contribution is 0.355. The van der Waals surface area contributed by atoms with Crippen LogP contribution < -0.4 is 0 Å². The zero-order valence-corrected chi connectivity index (χ0v) is 7.70. The molecule has 64 valence electrons. The second-order valence-electron chi connectivity index (χ2n) is 3.80. The summed E-state index contributed by atoms with van der Waals surface area (Å²) >= 11 is 0. The van der Waals surface area contributed by atoms with Crippen molar-refractivity contribution in [2.24, 2.45) is 0 Å². The third-order valence-electron chi connectivity index (χ3n) is 1.61. The molecule has 0 saturated carbocycles. The average molecular weight is 163 g/mol. The molecule has 3 heteroatoms. The van der Waals surface area contributed by atoms with Crippen LogP contribution in [0.3, 0.4) is 0 Å². The molecule has 0 aliphatic rings. The zero-order chi connectivity index (χ0) is 9.19. The van der Waals surface area contributed by atoms with Gasteiger partial charge in [0.05, 0.1) is 24.2 Å². The predicted octanol–water partition coefficient (Wildman–Crippen LogP) is 1.70. The van der Waals surface area contributed by atoms with E-state index < -0.39 is 0 Å². The highest BCUT2D eigenvalue weighted by Crippen LogP contribution is 2.12. The van der Waals surface area contributed by atoms with E-state index in [1.54, 1.807) is 6.20 Å². The van der Waals surface area contributed by atoms with Crippen LogP contribution in [0.5, 0.6) is 0 Å². The molecule has 1 heterocycles. The molecule has 0 N–H and O–H groups in total. The van der Waals surface area contributed by atoms with Gasteiger partial charge in [-0.2, -0.15) is 10.4 Å². The summed E-state index contributed by atoms with van der Waals surface area (Å²) in [6.07, 6.45) is 4.10. The molecule has 0 bridgehead atoms. The second-order valence-corrected chi connectivity index (χ2v) is 3.80. The Morgan fingerprint density at radius 3 is 2.67 bits per heavy atom. The van der Waals surface area contributed by atoms with Gasteiger partial charge in [-0.05, 0) is 20.8 Å². The molecule has 0 aromatic carbocycles. The Kier molecular flexibility index (Phi) is 2.18. The van der Waals surface area contributed by atoms with Crippen LogP contribution in [0.4, 0.5) is 0 Å². The van der Waals surface area contributed by atoms with Gasteiger partial charge < -0.3 is 0 Å². The fourth-order valence-corrected chi connectivity index (χ4v) is 0.910. The first-order valence-corrected chi connectivity index (χ1v) is 3.95. The van der Waals surface area contributed by atoms with Gasteiger partial charge in [-0.25, -0.2) is 0 Å². The Morgan fingerprint density at radius 2 is 2.25 bits per heavy atom. The van der Waals surface area contributed by atoms with Gasteiger partial charge in [-0.3, -0.25) is 4.68 Å². The SMILES string of the molecule is CC(C)(C)n1cc(CC#N)cn1. The minimum Gasteiger partial charge on any atom is -0.267 e. The molecule has 0 unspecified atom stereocenters. The average Bonchev–Trinajstić information content (AvgIpc) is 2.35. The summed E-state index contributed by atoms with van der Waals surface area (Å²) in [5.41, 5.74) is 0.987. The highest BCUT2D eigenvalue weighted by atomic mass is 15.3. The summed E-state index contributed by atoms with van der Waals surface area (Å²) in [6.45, 7) is 6.24. The van der Waals surface area contributed by atoms with Crippen molar-refractivity contribution in [1.82, 2.24) is 9.78 Å². The molecule has 0 radical (unpaired) electrons. The number of hydrogen-bond acceptors (Lipinski definition) is 2. The summed E-state index contributed by atoms with van der Waals surface area (Å²) in [6, 6.07) is 2.10. The van der Waals surface area contributed by atoms with Crippen molar-refractivity contribution in [2.45, 2.75) is 32.7 Å². The summed E-state index contributed by atoms with van der Waals surface area (Å²) in [4.78, 5) is 0. The van der Waals surface area contributed by atoms with Crippen molar-refractivity contribution in [3.05, 3.63) is 18.0 Å². The van der Waals surface area contributed by atoms with Crippen LogP contribution in [0, 0.1) is 11.3 Å². The van der Waals surface area contributed by atoms with Crippen LogP contribution in [-0.2, 0) is 12.0 Å². The van der Waals surface area contributed by atoms with Gasteiger partial charge in [0, 0.05) is 11.8 Å². The lowest BCUT2D eigenvalue weighted by atomic mass is 10.1. The molecule has 0 atom stereocenters. The Labute approximate surface area is 72.6 Å². The molecule has 1 aromatic heterocycles. The van der Waals surface area contributed by atoms with Crippen molar-refractivity contribution in [3.8, 4) is 6.07 Å². The summed E-state index contributed by atoms with van der Waals surface area (Å²) in [5.74, 6) is 0. The fraction of sp³-hybridized carbons (Fsp3) is 0.556. The van der Waals surface area contributed by atoms with E-state index in [9.17, 15) is 0 Å². The van der Waals surface area contributed by atoms with Gasteiger partial charge in [-0.15, -0.1) is 0 Å². The number of hydrogen-bond donors (Lipinski definition) is 0. The topological polar surface area (TPSA) is 41.6 Å². The molecule has 12 heavy (non-hydrogen) atoms. The molecule has 1 aromatic rings. The van der Waals surface area contributed by atoms with E-state index in [0.29, 0.717) is 6.42 Å². The molecule has 0 amide bonds. The van der Waals surface area contributed by atoms with Crippen molar-refractivity contribution in [1.29, 1.82) is 5.26 Å². The van der Waals surface area contributed by atoms with Crippen molar-refractivity contribution in [2.75, 3.05) is 0 Å². The minimum absolute atomic E-state index is 0.00764. The molecule has 0 fully saturated rings. The Balaban J connectivity index is 2.86. The van der Waals surface area contributed by atoms with Gasteiger partial charge in [0.2, 0.25) is 0 Å².